The summed E-state index contributed by atoms with van der Waals surface area (Å²) in [6.45, 7) is 1.90. The molecule has 1 N–H and O–H groups in total. The Morgan fingerprint density at radius 2 is 1.81 bits per heavy atom. The van der Waals surface area contributed by atoms with Gasteiger partial charge in [-0.15, -0.1) is 0 Å². The third kappa shape index (κ3) is 2.25. The lowest BCUT2D eigenvalue weighted by molar-refractivity contribution is -0.0579. The molecule has 0 aliphatic heterocycles. The Kier molecular flexibility index (Phi) is 3.26. The lowest BCUT2D eigenvalue weighted by atomic mass is 9.66. The Bertz CT molecular complexity index is 278. The number of rotatable bonds is 3. The highest BCUT2D eigenvalue weighted by atomic mass is 16.3. The van der Waals surface area contributed by atoms with Gasteiger partial charge >= 0.3 is 0 Å². The second kappa shape index (κ2) is 4.37. The van der Waals surface area contributed by atoms with E-state index < -0.39 is 11.0 Å². The average molecular weight is 221 g/mol. The van der Waals surface area contributed by atoms with Crippen molar-refractivity contribution in [3.63, 3.8) is 0 Å². The van der Waals surface area contributed by atoms with Crippen molar-refractivity contribution in [1.29, 1.82) is 5.26 Å². The van der Waals surface area contributed by atoms with Crippen LogP contribution in [0.2, 0.25) is 0 Å². The summed E-state index contributed by atoms with van der Waals surface area (Å²) >= 11 is 0. The Morgan fingerprint density at radius 1 is 1.25 bits per heavy atom. The Hall–Kier alpha value is -0.550. The topological polar surface area (TPSA) is 44.0 Å². The zero-order valence-corrected chi connectivity index (χ0v) is 10.3. The summed E-state index contributed by atoms with van der Waals surface area (Å²) in [5.41, 5.74) is -1.24. The van der Waals surface area contributed by atoms with Crippen molar-refractivity contribution in [3.8, 4) is 6.07 Å². The minimum absolute atomic E-state index is 0.466. The van der Waals surface area contributed by atoms with Crippen LogP contribution in [0.3, 0.4) is 0 Å². The van der Waals surface area contributed by atoms with Gasteiger partial charge in [-0.3, -0.25) is 0 Å². The minimum Gasteiger partial charge on any atom is -0.389 e. The van der Waals surface area contributed by atoms with Crippen molar-refractivity contribution in [1.82, 2.24) is 0 Å². The predicted molar refractivity (Wildman–Crippen MR) is 63.7 cm³/mol. The van der Waals surface area contributed by atoms with E-state index in [9.17, 15) is 10.4 Å². The van der Waals surface area contributed by atoms with Gasteiger partial charge < -0.3 is 5.11 Å². The van der Waals surface area contributed by atoms with Gasteiger partial charge in [0.2, 0.25) is 0 Å². The molecule has 0 aromatic carbocycles. The zero-order chi connectivity index (χ0) is 11.6. The van der Waals surface area contributed by atoms with Gasteiger partial charge in [0.15, 0.2) is 0 Å². The molecule has 2 saturated carbocycles. The first-order valence-corrected chi connectivity index (χ1v) is 6.73. The van der Waals surface area contributed by atoms with Crippen LogP contribution < -0.4 is 0 Å². The lowest BCUT2D eigenvalue weighted by Gasteiger charge is -2.40. The first-order chi connectivity index (χ1) is 7.60. The number of hydrogen-bond acceptors (Lipinski definition) is 2. The molecule has 2 nitrogen and oxygen atoms in total. The fourth-order valence-corrected chi connectivity index (χ4v) is 3.18. The van der Waals surface area contributed by atoms with E-state index in [0.29, 0.717) is 5.92 Å². The third-order valence-electron chi connectivity index (χ3n) is 4.59. The summed E-state index contributed by atoms with van der Waals surface area (Å²) in [4.78, 5) is 0. The maximum absolute atomic E-state index is 10.7. The van der Waals surface area contributed by atoms with E-state index >= 15 is 0 Å². The van der Waals surface area contributed by atoms with E-state index in [1.807, 2.05) is 6.92 Å². The van der Waals surface area contributed by atoms with E-state index in [4.69, 9.17) is 0 Å². The van der Waals surface area contributed by atoms with Crippen molar-refractivity contribution in [3.05, 3.63) is 0 Å². The summed E-state index contributed by atoms with van der Waals surface area (Å²) in [6, 6.07) is 2.48. The number of aliphatic hydroxyl groups is 1. The molecule has 0 aromatic heterocycles. The fourth-order valence-electron chi connectivity index (χ4n) is 3.18. The maximum Gasteiger partial charge on any atom is 0.0857 e. The number of nitriles is 1. The highest BCUT2D eigenvalue weighted by Gasteiger charge is 2.49. The minimum atomic E-state index is -0.771. The molecule has 90 valence electrons. The normalized spacial score (nSPS) is 28.8. The van der Waals surface area contributed by atoms with Crippen LogP contribution in [0.5, 0.6) is 0 Å². The SMILES string of the molecule is CC(O)(CC1CC1)C1(C#N)CCCCCC1. The van der Waals surface area contributed by atoms with Crippen molar-refractivity contribution in [2.45, 2.75) is 70.3 Å². The summed E-state index contributed by atoms with van der Waals surface area (Å²) in [5, 5.41) is 20.2. The molecule has 16 heavy (non-hydrogen) atoms. The molecule has 2 aliphatic carbocycles. The number of nitrogens with zero attached hydrogens (tertiary/aromatic N) is 1. The van der Waals surface area contributed by atoms with E-state index in [1.165, 1.54) is 25.7 Å². The second-order valence-corrected chi connectivity index (χ2v) is 6.03. The molecular weight excluding hydrogens is 198 g/mol. The molecule has 2 aliphatic rings. The van der Waals surface area contributed by atoms with Gasteiger partial charge in [0.25, 0.3) is 0 Å². The first kappa shape index (κ1) is 11.9. The van der Waals surface area contributed by atoms with Crippen LogP contribution in [0.1, 0.15) is 64.7 Å². The number of hydrogen-bond donors (Lipinski definition) is 1. The molecule has 0 aromatic rings. The molecule has 0 radical (unpaired) electrons. The molecule has 1 atom stereocenters. The molecule has 0 saturated heterocycles. The lowest BCUT2D eigenvalue weighted by Crippen LogP contribution is -2.45. The van der Waals surface area contributed by atoms with Crippen LogP contribution in [0.4, 0.5) is 0 Å². The molecular formula is C14H23NO. The van der Waals surface area contributed by atoms with E-state index in [2.05, 4.69) is 6.07 Å². The smallest absolute Gasteiger partial charge is 0.0857 e. The van der Waals surface area contributed by atoms with Crippen LogP contribution in [-0.4, -0.2) is 10.7 Å². The van der Waals surface area contributed by atoms with Gasteiger partial charge in [-0.2, -0.15) is 5.26 Å². The van der Waals surface area contributed by atoms with Crippen LogP contribution in [0.15, 0.2) is 0 Å². The second-order valence-electron chi connectivity index (χ2n) is 6.03. The third-order valence-corrected chi connectivity index (χ3v) is 4.59. The Labute approximate surface area is 98.7 Å². The highest BCUT2D eigenvalue weighted by Crippen LogP contribution is 2.49. The predicted octanol–water partition coefficient (Wildman–Crippen LogP) is 3.40. The molecule has 0 heterocycles. The van der Waals surface area contributed by atoms with Crippen molar-refractivity contribution in [2.24, 2.45) is 11.3 Å². The Balaban J connectivity index is 2.13. The molecule has 0 spiro atoms. The maximum atomic E-state index is 10.7. The highest BCUT2D eigenvalue weighted by molar-refractivity contribution is 5.11. The van der Waals surface area contributed by atoms with Crippen LogP contribution >= 0.6 is 0 Å². The molecule has 0 bridgehead atoms. The summed E-state index contributed by atoms with van der Waals surface area (Å²) in [7, 11) is 0. The van der Waals surface area contributed by atoms with E-state index in [-0.39, 0.29) is 0 Å². The molecule has 0 amide bonds. The zero-order valence-electron chi connectivity index (χ0n) is 10.3. The Morgan fingerprint density at radius 3 is 2.25 bits per heavy atom. The quantitative estimate of drug-likeness (QED) is 0.742. The summed E-state index contributed by atoms with van der Waals surface area (Å²) < 4.78 is 0. The van der Waals surface area contributed by atoms with Gasteiger partial charge in [-0.1, -0.05) is 38.5 Å². The van der Waals surface area contributed by atoms with Crippen LogP contribution in [0, 0.1) is 22.7 Å². The largest absolute Gasteiger partial charge is 0.389 e. The molecule has 1 unspecified atom stereocenters. The van der Waals surface area contributed by atoms with E-state index in [0.717, 1.165) is 32.1 Å². The summed E-state index contributed by atoms with van der Waals surface area (Å²) in [6.07, 6.45) is 9.77. The van der Waals surface area contributed by atoms with Crippen molar-refractivity contribution in [2.75, 3.05) is 0 Å². The van der Waals surface area contributed by atoms with Gasteiger partial charge in [0.1, 0.15) is 0 Å². The van der Waals surface area contributed by atoms with Gasteiger partial charge in [0.05, 0.1) is 17.1 Å². The fraction of sp³-hybridized carbons (Fsp3) is 0.929. The van der Waals surface area contributed by atoms with Crippen LogP contribution in [0.25, 0.3) is 0 Å². The van der Waals surface area contributed by atoms with Gasteiger partial charge in [0, 0.05) is 0 Å². The average Bonchev–Trinajstić information content (AvgIpc) is 3.03. The van der Waals surface area contributed by atoms with E-state index in [1.54, 1.807) is 0 Å². The van der Waals surface area contributed by atoms with Crippen LogP contribution in [-0.2, 0) is 0 Å². The molecule has 2 rings (SSSR count). The molecule has 2 fully saturated rings. The monoisotopic (exact) mass is 221 g/mol. The van der Waals surface area contributed by atoms with Crippen molar-refractivity contribution >= 4 is 0 Å². The summed E-state index contributed by atoms with van der Waals surface area (Å²) in [5.74, 6) is 0.684. The first-order valence-electron chi connectivity index (χ1n) is 6.73. The van der Waals surface area contributed by atoms with Crippen molar-refractivity contribution < 1.29 is 5.11 Å². The van der Waals surface area contributed by atoms with Gasteiger partial charge in [-0.25, -0.2) is 0 Å². The molecule has 2 heteroatoms. The van der Waals surface area contributed by atoms with Gasteiger partial charge in [-0.05, 0) is 32.1 Å². The standard InChI is InChI=1S/C14H23NO/c1-13(16,10-12-6-7-12)14(11-15)8-4-2-3-5-9-14/h12,16H,2-10H2,1H3.